The van der Waals surface area contributed by atoms with Gasteiger partial charge in [0.15, 0.2) is 0 Å². The molecular weight excluding hydrogens is 276 g/mol. The van der Waals surface area contributed by atoms with Crippen molar-refractivity contribution in [3.8, 4) is 0 Å². The van der Waals surface area contributed by atoms with Gasteiger partial charge in [0.05, 0.1) is 0 Å². The van der Waals surface area contributed by atoms with E-state index in [2.05, 4.69) is 0 Å². The molecule has 9 heteroatoms. The molecular formula is C9H4F8O. The molecule has 0 aromatic heterocycles. The van der Waals surface area contributed by atoms with Gasteiger partial charge in [-0.15, -0.1) is 0 Å². The number of rotatable bonds is 2. The van der Waals surface area contributed by atoms with Crippen molar-refractivity contribution >= 4 is 0 Å². The van der Waals surface area contributed by atoms with Gasteiger partial charge in [-0.25, -0.2) is 8.78 Å². The maximum Gasteiger partial charge on any atom is 0.455 e. The zero-order valence-electron chi connectivity index (χ0n) is 8.20. The summed E-state index contributed by atoms with van der Waals surface area (Å²) in [7, 11) is 0. The van der Waals surface area contributed by atoms with Gasteiger partial charge in [0, 0.05) is 11.6 Å². The SMILES string of the molecule is OC(F)(C(F)(F)F)C(F)(F)c1cc(F)cc(F)c1. The van der Waals surface area contributed by atoms with Crippen LogP contribution in [0.3, 0.4) is 0 Å². The van der Waals surface area contributed by atoms with E-state index in [4.69, 9.17) is 5.11 Å². The fraction of sp³-hybridized carbons (Fsp3) is 0.333. The minimum absolute atomic E-state index is 0.102. The van der Waals surface area contributed by atoms with Gasteiger partial charge in [0.2, 0.25) is 0 Å². The van der Waals surface area contributed by atoms with Crippen molar-refractivity contribution in [1.82, 2.24) is 0 Å². The zero-order chi connectivity index (χ0) is 14.4. The van der Waals surface area contributed by atoms with Gasteiger partial charge in [-0.2, -0.15) is 26.3 Å². The lowest BCUT2D eigenvalue weighted by Crippen LogP contribution is -2.53. The second kappa shape index (κ2) is 4.08. The summed E-state index contributed by atoms with van der Waals surface area (Å²) in [4.78, 5) is 0. The Morgan fingerprint density at radius 1 is 0.778 bits per heavy atom. The maximum absolute atomic E-state index is 13.1. The van der Waals surface area contributed by atoms with Crippen LogP contribution in [0.25, 0.3) is 0 Å². The van der Waals surface area contributed by atoms with Crippen LogP contribution in [0.15, 0.2) is 18.2 Å². The maximum atomic E-state index is 13.1. The third kappa shape index (κ3) is 2.26. The van der Waals surface area contributed by atoms with Crippen molar-refractivity contribution in [2.45, 2.75) is 18.0 Å². The quantitative estimate of drug-likeness (QED) is 0.824. The highest BCUT2D eigenvalue weighted by atomic mass is 19.4. The Hall–Kier alpha value is -1.38. The van der Waals surface area contributed by atoms with Gasteiger partial charge < -0.3 is 5.11 Å². The first kappa shape index (κ1) is 14.7. The van der Waals surface area contributed by atoms with Crippen LogP contribution in [0.4, 0.5) is 35.1 Å². The van der Waals surface area contributed by atoms with E-state index < -0.39 is 35.2 Å². The normalized spacial score (nSPS) is 16.5. The van der Waals surface area contributed by atoms with Gasteiger partial charge in [-0.3, -0.25) is 0 Å². The smallest absolute Gasteiger partial charge is 0.350 e. The first-order chi connectivity index (χ1) is 7.89. The topological polar surface area (TPSA) is 20.2 Å². The summed E-state index contributed by atoms with van der Waals surface area (Å²) >= 11 is 0. The van der Waals surface area contributed by atoms with Crippen LogP contribution in [0.5, 0.6) is 0 Å². The summed E-state index contributed by atoms with van der Waals surface area (Å²) in [6.07, 6.45) is -6.33. The van der Waals surface area contributed by atoms with Crippen LogP contribution in [0, 0.1) is 11.6 Å². The molecule has 18 heavy (non-hydrogen) atoms. The van der Waals surface area contributed by atoms with Gasteiger partial charge in [0.25, 0.3) is 0 Å². The number of hydrogen-bond acceptors (Lipinski definition) is 1. The Balaban J connectivity index is 3.37. The first-order valence-corrected chi connectivity index (χ1v) is 4.22. The van der Waals surface area contributed by atoms with Gasteiger partial charge in [0.1, 0.15) is 11.6 Å². The number of benzene rings is 1. The van der Waals surface area contributed by atoms with Crippen LogP contribution < -0.4 is 0 Å². The molecule has 0 amide bonds. The fourth-order valence-corrected chi connectivity index (χ4v) is 1.10. The summed E-state index contributed by atoms with van der Waals surface area (Å²) in [5.41, 5.74) is -1.97. The molecule has 1 atom stereocenters. The van der Waals surface area contributed by atoms with Gasteiger partial charge >= 0.3 is 18.0 Å². The number of aliphatic hydroxyl groups is 1. The van der Waals surface area contributed by atoms with Crippen molar-refractivity contribution < 1.29 is 40.2 Å². The molecule has 0 saturated carbocycles. The lowest BCUT2D eigenvalue weighted by molar-refractivity contribution is -0.390. The second-order valence-electron chi connectivity index (χ2n) is 3.35. The molecule has 102 valence electrons. The summed E-state index contributed by atoms with van der Waals surface area (Å²) in [5, 5.41) is 8.23. The van der Waals surface area contributed by atoms with Gasteiger partial charge in [-0.05, 0) is 12.1 Å². The van der Waals surface area contributed by atoms with Crippen LogP contribution in [0.1, 0.15) is 5.56 Å². The van der Waals surface area contributed by atoms with E-state index in [1.54, 1.807) is 0 Å². The molecule has 1 nitrogen and oxygen atoms in total. The Labute approximate surface area is 94.6 Å². The first-order valence-electron chi connectivity index (χ1n) is 4.22. The molecule has 1 unspecified atom stereocenters. The number of halogens is 8. The lowest BCUT2D eigenvalue weighted by Gasteiger charge is -2.30. The Morgan fingerprint density at radius 3 is 1.50 bits per heavy atom. The van der Waals surface area contributed by atoms with Crippen molar-refractivity contribution in [3.63, 3.8) is 0 Å². The Bertz CT molecular complexity index is 430. The fourth-order valence-electron chi connectivity index (χ4n) is 1.10. The highest BCUT2D eigenvalue weighted by Gasteiger charge is 2.71. The third-order valence-electron chi connectivity index (χ3n) is 2.02. The van der Waals surface area contributed by atoms with Crippen molar-refractivity contribution in [2.75, 3.05) is 0 Å². The molecule has 0 aliphatic rings. The van der Waals surface area contributed by atoms with Crippen LogP contribution in [-0.2, 0) is 5.92 Å². The molecule has 0 bridgehead atoms. The molecule has 0 spiro atoms. The standard InChI is InChI=1S/C9H4F8O/c10-5-1-4(2-6(11)3-5)7(12,13)8(14,18)9(15,16)17/h1-3,18H. The Kier molecular flexibility index (Phi) is 3.32. The highest BCUT2D eigenvalue weighted by Crippen LogP contribution is 2.49. The average Bonchev–Trinajstić information content (AvgIpc) is 2.13. The van der Waals surface area contributed by atoms with Crippen molar-refractivity contribution in [3.05, 3.63) is 35.4 Å². The monoisotopic (exact) mass is 280 g/mol. The molecule has 0 saturated heterocycles. The number of alkyl halides is 6. The summed E-state index contributed by atoms with van der Waals surface area (Å²) in [6, 6.07) is -0.316. The third-order valence-corrected chi connectivity index (χ3v) is 2.02. The molecule has 1 rings (SSSR count). The molecule has 1 N–H and O–H groups in total. The van der Waals surface area contributed by atoms with E-state index in [1.807, 2.05) is 0 Å². The second-order valence-corrected chi connectivity index (χ2v) is 3.35. The predicted molar refractivity (Wildman–Crippen MR) is 42.4 cm³/mol. The van der Waals surface area contributed by atoms with E-state index in [9.17, 15) is 35.1 Å². The highest BCUT2D eigenvalue weighted by molar-refractivity contribution is 5.25. The molecule has 1 aromatic rings. The predicted octanol–water partition coefficient (Wildman–Crippen LogP) is 3.28. The molecule has 1 aromatic carbocycles. The van der Waals surface area contributed by atoms with E-state index in [0.29, 0.717) is 0 Å². The molecule has 0 heterocycles. The van der Waals surface area contributed by atoms with Gasteiger partial charge in [-0.1, -0.05) is 0 Å². The largest absolute Gasteiger partial charge is 0.455 e. The van der Waals surface area contributed by atoms with E-state index in [-0.39, 0.29) is 18.2 Å². The zero-order valence-corrected chi connectivity index (χ0v) is 8.20. The summed E-state index contributed by atoms with van der Waals surface area (Å²) in [5.74, 6) is -14.8. The van der Waals surface area contributed by atoms with E-state index in [0.717, 1.165) is 0 Å². The average molecular weight is 280 g/mol. The number of hydrogen-bond donors (Lipinski definition) is 1. The molecule has 0 radical (unpaired) electrons. The molecule has 0 aliphatic carbocycles. The minimum atomic E-state index is -6.33. The van der Waals surface area contributed by atoms with Crippen LogP contribution >= 0.6 is 0 Å². The van der Waals surface area contributed by atoms with Crippen LogP contribution in [0.2, 0.25) is 0 Å². The van der Waals surface area contributed by atoms with Crippen molar-refractivity contribution in [2.24, 2.45) is 0 Å². The summed E-state index contributed by atoms with van der Waals surface area (Å²) in [6.45, 7) is 0. The lowest BCUT2D eigenvalue weighted by atomic mass is 10.0. The molecule has 0 fully saturated rings. The van der Waals surface area contributed by atoms with E-state index in [1.165, 1.54) is 0 Å². The van der Waals surface area contributed by atoms with Crippen molar-refractivity contribution in [1.29, 1.82) is 0 Å². The van der Waals surface area contributed by atoms with Crippen LogP contribution in [-0.4, -0.2) is 17.1 Å². The summed E-state index contributed by atoms with van der Waals surface area (Å²) < 4.78 is 99.9. The minimum Gasteiger partial charge on any atom is -0.350 e. The molecule has 0 aliphatic heterocycles. The van der Waals surface area contributed by atoms with E-state index >= 15 is 0 Å². The Morgan fingerprint density at radius 2 is 1.17 bits per heavy atom.